The Balaban J connectivity index is 1.43. The summed E-state index contributed by atoms with van der Waals surface area (Å²) in [5, 5.41) is 5.07. The van der Waals surface area contributed by atoms with Crippen LogP contribution in [0.25, 0.3) is 21.9 Å². The minimum atomic E-state index is -0.127. The van der Waals surface area contributed by atoms with Gasteiger partial charge in [0, 0.05) is 22.8 Å². The number of aromatic nitrogens is 3. The molecule has 156 valence electrons. The van der Waals surface area contributed by atoms with Gasteiger partial charge in [-0.1, -0.05) is 17.7 Å². The molecule has 4 aromatic rings. The summed E-state index contributed by atoms with van der Waals surface area (Å²) in [6.07, 6.45) is 3.91. The third-order valence-corrected chi connectivity index (χ3v) is 6.20. The summed E-state index contributed by atoms with van der Waals surface area (Å²) in [7, 11) is 0. The predicted octanol–water partition coefficient (Wildman–Crippen LogP) is 6.89. The van der Waals surface area contributed by atoms with Crippen molar-refractivity contribution in [2.24, 2.45) is 0 Å². The van der Waals surface area contributed by atoms with E-state index in [1.165, 1.54) is 5.56 Å². The fourth-order valence-electron chi connectivity index (χ4n) is 5.00. The van der Waals surface area contributed by atoms with Gasteiger partial charge in [0.2, 0.25) is 5.95 Å². The van der Waals surface area contributed by atoms with Gasteiger partial charge in [-0.2, -0.15) is 0 Å². The van der Waals surface area contributed by atoms with Gasteiger partial charge in [-0.15, -0.1) is 0 Å². The summed E-state index contributed by atoms with van der Waals surface area (Å²) < 4.78 is 6.26. The van der Waals surface area contributed by atoms with Crippen LogP contribution in [-0.4, -0.2) is 26.2 Å². The number of rotatable bonds is 3. The number of hydrogen-bond acceptors (Lipinski definition) is 3. The van der Waals surface area contributed by atoms with Crippen LogP contribution < -0.4 is 5.32 Å². The van der Waals surface area contributed by atoms with Gasteiger partial charge in [0.25, 0.3) is 0 Å². The highest BCUT2D eigenvalue weighted by molar-refractivity contribution is 6.35. The van der Waals surface area contributed by atoms with E-state index in [0.717, 1.165) is 40.5 Å². The first-order chi connectivity index (χ1) is 14.2. The number of imidazole rings is 1. The van der Waals surface area contributed by atoms with Gasteiger partial charge in [-0.05, 0) is 82.3 Å². The Morgan fingerprint density at radius 1 is 1.03 bits per heavy atom. The second-order valence-corrected chi connectivity index (χ2v) is 10.0. The van der Waals surface area contributed by atoms with Crippen molar-refractivity contribution in [1.29, 1.82) is 0 Å². The zero-order chi connectivity index (χ0) is 21.1. The molecule has 0 aliphatic carbocycles. The molecule has 0 atom stereocenters. The van der Waals surface area contributed by atoms with E-state index < -0.39 is 0 Å². The van der Waals surface area contributed by atoms with Crippen molar-refractivity contribution >= 4 is 45.2 Å². The van der Waals surface area contributed by atoms with E-state index in [2.05, 4.69) is 61.2 Å². The van der Waals surface area contributed by atoms with Gasteiger partial charge >= 0.3 is 0 Å². The first-order valence-electron chi connectivity index (χ1n) is 10.4. The number of ether oxygens (including phenoxy) is 1. The SMILES string of the molecule is CC1(C)CC(c2ccc3nc(Nc4cc(Cl)c5cc[nH]c5c4)[nH]c3c2)CC(C)(C)O1. The predicted molar refractivity (Wildman–Crippen MR) is 124 cm³/mol. The van der Waals surface area contributed by atoms with Crippen molar-refractivity contribution in [3.05, 3.63) is 53.2 Å². The second kappa shape index (κ2) is 6.76. The van der Waals surface area contributed by atoms with Crippen LogP contribution in [0.5, 0.6) is 0 Å². The molecular weight excluding hydrogens is 396 g/mol. The van der Waals surface area contributed by atoms with Crippen molar-refractivity contribution in [3.8, 4) is 0 Å². The Bertz CT molecular complexity index is 1220. The smallest absolute Gasteiger partial charge is 0.205 e. The minimum absolute atomic E-state index is 0.127. The van der Waals surface area contributed by atoms with Crippen LogP contribution in [0.2, 0.25) is 5.02 Å². The molecule has 1 saturated heterocycles. The van der Waals surface area contributed by atoms with E-state index in [9.17, 15) is 0 Å². The Morgan fingerprint density at radius 3 is 2.57 bits per heavy atom. The van der Waals surface area contributed by atoms with Gasteiger partial charge in [-0.3, -0.25) is 0 Å². The molecule has 1 aliphatic rings. The van der Waals surface area contributed by atoms with Crippen LogP contribution >= 0.6 is 11.6 Å². The van der Waals surface area contributed by atoms with Gasteiger partial charge in [0.05, 0.1) is 27.3 Å². The lowest BCUT2D eigenvalue weighted by Gasteiger charge is -2.45. The van der Waals surface area contributed by atoms with E-state index in [1.807, 2.05) is 24.4 Å². The molecular formula is C24H27ClN4O. The van der Waals surface area contributed by atoms with E-state index in [1.54, 1.807) is 0 Å². The van der Waals surface area contributed by atoms with Crippen LogP contribution in [0.1, 0.15) is 52.0 Å². The molecule has 0 saturated carbocycles. The molecule has 3 heterocycles. The normalized spacial score (nSPS) is 18.8. The molecule has 0 amide bonds. The molecule has 0 unspecified atom stereocenters. The fraction of sp³-hybridized carbons (Fsp3) is 0.375. The molecule has 0 radical (unpaired) electrons. The Morgan fingerprint density at radius 2 is 1.80 bits per heavy atom. The molecule has 3 N–H and O–H groups in total. The molecule has 6 heteroatoms. The Kier molecular flexibility index (Phi) is 4.38. The van der Waals surface area contributed by atoms with E-state index in [4.69, 9.17) is 21.3 Å². The maximum Gasteiger partial charge on any atom is 0.205 e. The van der Waals surface area contributed by atoms with Crippen LogP contribution in [0.3, 0.4) is 0 Å². The molecule has 1 aliphatic heterocycles. The molecule has 5 nitrogen and oxygen atoms in total. The summed E-state index contributed by atoms with van der Waals surface area (Å²) in [6, 6.07) is 12.5. The second-order valence-electron chi connectivity index (χ2n) is 9.61. The monoisotopic (exact) mass is 422 g/mol. The molecule has 2 aromatic carbocycles. The third kappa shape index (κ3) is 3.68. The van der Waals surface area contributed by atoms with E-state index >= 15 is 0 Å². The van der Waals surface area contributed by atoms with Crippen LogP contribution in [0.15, 0.2) is 42.6 Å². The van der Waals surface area contributed by atoms with Gasteiger partial charge in [-0.25, -0.2) is 4.98 Å². The quantitative estimate of drug-likeness (QED) is 0.336. The van der Waals surface area contributed by atoms with Crippen molar-refractivity contribution in [3.63, 3.8) is 0 Å². The number of halogens is 1. The standard InChI is InChI=1S/C24H27ClN4O/c1-23(2)12-15(13-24(3,4)30-23)14-5-6-19-21(9-14)29-22(28-19)27-16-10-18(25)17-7-8-26-20(17)11-16/h5-11,15,26H,12-13H2,1-4H3,(H2,27,28,29). The lowest BCUT2D eigenvalue weighted by atomic mass is 9.77. The van der Waals surface area contributed by atoms with Gasteiger partial charge in [0.1, 0.15) is 0 Å². The topological polar surface area (TPSA) is 65.7 Å². The lowest BCUT2D eigenvalue weighted by Crippen LogP contribution is -2.44. The van der Waals surface area contributed by atoms with Crippen molar-refractivity contribution < 1.29 is 4.74 Å². The molecule has 0 bridgehead atoms. The number of benzene rings is 2. The summed E-state index contributed by atoms with van der Waals surface area (Å²) in [4.78, 5) is 11.3. The zero-order valence-corrected chi connectivity index (χ0v) is 18.5. The van der Waals surface area contributed by atoms with Crippen molar-refractivity contribution in [1.82, 2.24) is 15.0 Å². The largest absolute Gasteiger partial charge is 0.370 e. The maximum atomic E-state index is 6.40. The molecule has 5 rings (SSSR count). The molecule has 0 spiro atoms. The summed E-state index contributed by atoms with van der Waals surface area (Å²) in [6.45, 7) is 8.74. The Hall–Kier alpha value is -2.50. The van der Waals surface area contributed by atoms with Crippen molar-refractivity contribution in [2.45, 2.75) is 57.7 Å². The highest BCUT2D eigenvalue weighted by Crippen LogP contribution is 2.43. The minimum Gasteiger partial charge on any atom is -0.370 e. The Labute approximate surface area is 181 Å². The van der Waals surface area contributed by atoms with Crippen LogP contribution in [0, 0.1) is 0 Å². The van der Waals surface area contributed by atoms with Crippen LogP contribution in [0.4, 0.5) is 11.6 Å². The summed E-state index contributed by atoms with van der Waals surface area (Å²) in [5.41, 5.74) is 4.94. The number of H-pyrrole nitrogens is 2. The van der Waals surface area contributed by atoms with Gasteiger partial charge in [0.15, 0.2) is 0 Å². The zero-order valence-electron chi connectivity index (χ0n) is 17.8. The summed E-state index contributed by atoms with van der Waals surface area (Å²) >= 11 is 6.40. The number of hydrogen-bond donors (Lipinski definition) is 3. The molecule has 2 aromatic heterocycles. The first-order valence-corrected chi connectivity index (χ1v) is 10.8. The average molecular weight is 423 g/mol. The number of nitrogens with zero attached hydrogens (tertiary/aromatic N) is 1. The van der Waals surface area contributed by atoms with Crippen molar-refractivity contribution in [2.75, 3.05) is 5.32 Å². The van der Waals surface area contributed by atoms with E-state index in [0.29, 0.717) is 16.9 Å². The average Bonchev–Trinajstić information content (AvgIpc) is 3.24. The molecule has 30 heavy (non-hydrogen) atoms. The number of anilines is 2. The molecule has 1 fully saturated rings. The first kappa shape index (κ1) is 19.5. The highest BCUT2D eigenvalue weighted by atomic mass is 35.5. The number of aromatic amines is 2. The highest BCUT2D eigenvalue weighted by Gasteiger charge is 2.39. The fourth-order valence-corrected chi connectivity index (χ4v) is 5.28. The number of fused-ring (bicyclic) bond motifs is 2. The lowest BCUT2D eigenvalue weighted by molar-refractivity contribution is -0.161. The third-order valence-electron chi connectivity index (χ3n) is 5.89. The maximum absolute atomic E-state index is 6.40. The van der Waals surface area contributed by atoms with Crippen LogP contribution in [-0.2, 0) is 4.74 Å². The number of nitrogens with one attached hydrogen (secondary N) is 3. The summed E-state index contributed by atoms with van der Waals surface area (Å²) in [5.74, 6) is 1.17. The van der Waals surface area contributed by atoms with E-state index in [-0.39, 0.29) is 11.2 Å². The van der Waals surface area contributed by atoms with Gasteiger partial charge < -0.3 is 20.0 Å².